The minimum Gasteiger partial charge on any atom is -0.339 e. The van der Waals surface area contributed by atoms with Crippen molar-refractivity contribution in [2.45, 2.75) is 0 Å². The summed E-state index contributed by atoms with van der Waals surface area (Å²) in [6.45, 7) is 0. The van der Waals surface area contributed by atoms with Crippen LogP contribution in [0.1, 0.15) is 5.69 Å². The van der Waals surface area contributed by atoms with Gasteiger partial charge in [0.05, 0.1) is 11.2 Å². The first-order chi connectivity index (χ1) is 12.4. The lowest BCUT2D eigenvalue weighted by atomic mass is 10.1. The van der Waals surface area contributed by atoms with Crippen LogP contribution in [0.4, 0.5) is 0 Å². The van der Waals surface area contributed by atoms with Crippen molar-refractivity contribution in [3.63, 3.8) is 0 Å². The molecule has 0 atom stereocenters. The Labute approximate surface area is 146 Å². The molecular formula is C22H17N3. The predicted octanol–water partition coefficient (Wildman–Crippen LogP) is 5.29. The van der Waals surface area contributed by atoms with Crippen molar-refractivity contribution in [3.8, 4) is 0 Å². The van der Waals surface area contributed by atoms with Crippen LogP contribution in [0.5, 0.6) is 0 Å². The summed E-state index contributed by atoms with van der Waals surface area (Å²) in [6.07, 6.45) is 25.9. The van der Waals surface area contributed by atoms with E-state index >= 15 is 0 Å². The normalized spacial score (nSPS) is 23.1. The van der Waals surface area contributed by atoms with E-state index in [4.69, 9.17) is 4.98 Å². The van der Waals surface area contributed by atoms with Crippen LogP contribution in [0.2, 0.25) is 0 Å². The van der Waals surface area contributed by atoms with Gasteiger partial charge in [-0.15, -0.1) is 0 Å². The molecule has 1 N–H and O–H groups in total. The van der Waals surface area contributed by atoms with Crippen molar-refractivity contribution in [2.75, 3.05) is 0 Å². The second-order valence-electron chi connectivity index (χ2n) is 5.66. The summed E-state index contributed by atoms with van der Waals surface area (Å²) in [5.74, 6) is 0. The number of H-pyrrole nitrogens is 1. The van der Waals surface area contributed by atoms with E-state index in [0.29, 0.717) is 0 Å². The topological polar surface area (TPSA) is 41.6 Å². The van der Waals surface area contributed by atoms with Crippen LogP contribution in [0.25, 0.3) is 27.5 Å². The molecular weight excluding hydrogens is 306 g/mol. The predicted molar refractivity (Wildman–Crippen MR) is 105 cm³/mol. The number of hydrogen-bond acceptors (Lipinski definition) is 2. The molecule has 0 radical (unpaired) electrons. The lowest BCUT2D eigenvalue weighted by molar-refractivity contribution is 1.30. The number of allylic oxidation sites excluding steroid dienone is 12. The largest absolute Gasteiger partial charge is 0.339 e. The number of pyridine rings is 2. The van der Waals surface area contributed by atoms with Crippen LogP contribution in [-0.4, -0.2) is 15.0 Å². The number of aromatic amines is 1. The third kappa shape index (κ3) is 3.26. The maximum atomic E-state index is 4.81. The molecule has 1 aliphatic rings. The van der Waals surface area contributed by atoms with E-state index in [1.165, 1.54) is 0 Å². The fourth-order valence-corrected chi connectivity index (χ4v) is 2.77. The lowest BCUT2D eigenvalue weighted by Crippen LogP contribution is -1.87. The fraction of sp³-hybridized carbons (Fsp3) is 0. The zero-order valence-electron chi connectivity index (χ0n) is 13.6. The molecule has 0 aromatic carbocycles. The molecule has 0 aliphatic heterocycles. The first-order valence-corrected chi connectivity index (χ1v) is 8.20. The maximum absolute atomic E-state index is 4.81. The van der Waals surface area contributed by atoms with Gasteiger partial charge in [0.2, 0.25) is 0 Å². The Bertz CT molecular complexity index is 1090. The summed E-state index contributed by atoms with van der Waals surface area (Å²) in [4.78, 5) is 12.4. The van der Waals surface area contributed by atoms with E-state index < -0.39 is 0 Å². The number of nitrogens with one attached hydrogen (secondary N) is 1. The maximum Gasteiger partial charge on any atom is 0.139 e. The van der Waals surface area contributed by atoms with Crippen LogP contribution in [0.3, 0.4) is 0 Å². The van der Waals surface area contributed by atoms with Crippen molar-refractivity contribution in [1.82, 2.24) is 15.0 Å². The van der Waals surface area contributed by atoms with Crippen molar-refractivity contribution < 1.29 is 0 Å². The highest BCUT2D eigenvalue weighted by molar-refractivity contribution is 6.05. The minimum absolute atomic E-state index is 0.878. The molecule has 0 amide bonds. The zero-order valence-corrected chi connectivity index (χ0v) is 13.6. The van der Waals surface area contributed by atoms with Gasteiger partial charge in [0, 0.05) is 28.7 Å². The van der Waals surface area contributed by atoms with E-state index in [1.54, 1.807) is 6.20 Å². The summed E-state index contributed by atoms with van der Waals surface area (Å²) in [5.41, 5.74) is 3.91. The number of rotatable bonds is 1. The molecule has 1 aliphatic carbocycles. The Kier molecular flexibility index (Phi) is 4.21. The smallest absolute Gasteiger partial charge is 0.139 e. The monoisotopic (exact) mass is 323 g/mol. The Morgan fingerprint density at radius 1 is 0.720 bits per heavy atom. The Morgan fingerprint density at radius 3 is 2.32 bits per heavy atom. The summed E-state index contributed by atoms with van der Waals surface area (Å²) in [6, 6.07) is 6.13. The molecule has 0 saturated carbocycles. The van der Waals surface area contributed by atoms with E-state index in [9.17, 15) is 0 Å². The van der Waals surface area contributed by atoms with Gasteiger partial charge in [-0.25, -0.2) is 4.98 Å². The molecule has 3 aromatic rings. The highest BCUT2D eigenvalue weighted by atomic mass is 14.9. The summed E-state index contributed by atoms with van der Waals surface area (Å²) in [5, 5.41) is 2.19. The van der Waals surface area contributed by atoms with E-state index in [-0.39, 0.29) is 0 Å². The SMILES string of the molecule is C1=C\C=C/C=C\C(c2ccc3c(n2)[nH]c2ccncc23)=C/C=C\C=C/1. The first-order valence-electron chi connectivity index (χ1n) is 8.20. The van der Waals surface area contributed by atoms with Gasteiger partial charge >= 0.3 is 0 Å². The quantitative estimate of drug-likeness (QED) is 0.661. The molecule has 4 rings (SSSR count). The molecule has 0 bridgehead atoms. The lowest BCUT2D eigenvalue weighted by Gasteiger charge is -2.01. The Balaban J connectivity index is 1.79. The van der Waals surface area contributed by atoms with Gasteiger partial charge in [-0.3, -0.25) is 4.98 Å². The number of hydrogen-bond donors (Lipinski definition) is 1. The minimum atomic E-state index is 0.878. The first kappa shape index (κ1) is 15.1. The van der Waals surface area contributed by atoms with Gasteiger partial charge in [0.1, 0.15) is 5.65 Å². The molecule has 3 heteroatoms. The van der Waals surface area contributed by atoms with Gasteiger partial charge in [0.15, 0.2) is 0 Å². The van der Waals surface area contributed by atoms with Crippen LogP contribution < -0.4 is 0 Å². The van der Waals surface area contributed by atoms with Crippen molar-refractivity contribution in [1.29, 1.82) is 0 Å². The van der Waals surface area contributed by atoms with Crippen molar-refractivity contribution in [3.05, 3.63) is 103 Å². The van der Waals surface area contributed by atoms with Crippen molar-refractivity contribution in [2.24, 2.45) is 0 Å². The van der Waals surface area contributed by atoms with E-state index in [2.05, 4.69) is 34.3 Å². The average Bonchev–Trinajstić information content (AvgIpc) is 3.00. The molecule has 120 valence electrons. The second-order valence-corrected chi connectivity index (χ2v) is 5.66. The van der Waals surface area contributed by atoms with Gasteiger partial charge in [-0.05, 0) is 18.2 Å². The van der Waals surface area contributed by atoms with Gasteiger partial charge in [-0.2, -0.15) is 0 Å². The summed E-state index contributed by atoms with van der Waals surface area (Å²) < 4.78 is 0. The molecule has 25 heavy (non-hydrogen) atoms. The number of aromatic nitrogens is 3. The molecule has 0 saturated heterocycles. The van der Waals surface area contributed by atoms with Crippen molar-refractivity contribution >= 4 is 27.5 Å². The van der Waals surface area contributed by atoms with Crippen LogP contribution >= 0.6 is 0 Å². The van der Waals surface area contributed by atoms with E-state index in [1.807, 2.05) is 66.9 Å². The molecule has 0 unspecified atom stereocenters. The molecule has 3 heterocycles. The Hall–Kier alpha value is -3.46. The third-order valence-electron chi connectivity index (χ3n) is 4.00. The highest BCUT2D eigenvalue weighted by Gasteiger charge is 2.07. The standard InChI is InChI=1S/C22H17N3/c1-2-4-6-8-10-17(11-9-7-5-3-1)20-13-12-18-19-16-23-15-14-21(19)25-22(18)24-20/h1-16H,(H,24,25)/b2-1-,3-1?,4-2?,5-3-,6-4-,7-5?,8-6?,9-7-,10-8-,11-9?,17-10?,17-11+. The number of nitrogens with zero attached hydrogens (tertiary/aromatic N) is 2. The summed E-state index contributed by atoms with van der Waals surface area (Å²) >= 11 is 0. The fourth-order valence-electron chi connectivity index (χ4n) is 2.77. The van der Waals surface area contributed by atoms with Crippen LogP contribution in [0, 0.1) is 0 Å². The average molecular weight is 323 g/mol. The molecule has 0 spiro atoms. The molecule has 0 fully saturated rings. The third-order valence-corrected chi connectivity index (χ3v) is 4.00. The van der Waals surface area contributed by atoms with E-state index in [0.717, 1.165) is 33.2 Å². The van der Waals surface area contributed by atoms with Gasteiger partial charge in [-0.1, -0.05) is 66.8 Å². The zero-order chi connectivity index (χ0) is 16.9. The molecule has 3 nitrogen and oxygen atoms in total. The number of fused-ring (bicyclic) bond motifs is 3. The van der Waals surface area contributed by atoms with Gasteiger partial charge < -0.3 is 4.98 Å². The van der Waals surface area contributed by atoms with Gasteiger partial charge in [0.25, 0.3) is 0 Å². The highest BCUT2D eigenvalue weighted by Crippen LogP contribution is 2.25. The van der Waals surface area contributed by atoms with Crippen LogP contribution in [0.15, 0.2) is 97.4 Å². The molecule has 3 aromatic heterocycles. The summed E-state index contributed by atoms with van der Waals surface area (Å²) in [7, 11) is 0. The van der Waals surface area contributed by atoms with Crippen LogP contribution in [-0.2, 0) is 0 Å². The Morgan fingerprint density at radius 2 is 1.48 bits per heavy atom. The second kappa shape index (κ2) is 6.97.